The smallest absolute Gasteiger partial charge is 0.257 e. The third-order valence-corrected chi connectivity index (χ3v) is 7.23. The van der Waals surface area contributed by atoms with Crippen LogP contribution < -0.4 is 15.9 Å². The lowest BCUT2D eigenvalue weighted by atomic mass is 10.1. The molecule has 0 unspecified atom stereocenters. The zero-order valence-corrected chi connectivity index (χ0v) is 19.3. The van der Waals surface area contributed by atoms with Crippen LogP contribution in [0.2, 0.25) is 5.02 Å². The molecule has 1 fully saturated rings. The number of aliphatic imine (C=N–C) groups is 1. The minimum atomic E-state index is -0.357. The van der Waals surface area contributed by atoms with E-state index in [9.17, 15) is 9.90 Å². The Morgan fingerprint density at radius 3 is 2.97 bits per heavy atom. The third-order valence-electron chi connectivity index (χ3n) is 5.80. The molecule has 3 aliphatic rings. The molecule has 3 aliphatic heterocycles. The van der Waals surface area contributed by atoms with Gasteiger partial charge in [-0.1, -0.05) is 36.4 Å². The summed E-state index contributed by atoms with van der Waals surface area (Å²) < 4.78 is 0. The lowest BCUT2D eigenvalue weighted by molar-refractivity contribution is 0.0383. The predicted molar refractivity (Wildman–Crippen MR) is 128 cm³/mol. The normalized spacial score (nSPS) is 23.2. The van der Waals surface area contributed by atoms with E-state index in [1.54, 1.807) is 18.3 Å². The second-order valence-electron chi connectivity index (χ2n) is 8.02. The number of thioether (sulfide) groups is 1. The summed E-state index contributed by atoms with van der Waals surface area (Å²) in [5.41, 5.74) is 2.36. The van der Waals surface area contributed by atoms with Gasteiger partial charge in [0.1, 0.15) is 5.82 Å². The lowest BCUT2D eigenvalue weighted by Crippen LogP contribution is -2.51. The second kappa shape index (κ2) is 8.77. The molecule has 0 spiro atoms. The molecule has 2 aromatic heterocycles. The number of aromatic nitrogens is 2. The van der Waals surface area contributed by atoms with Crippen LogP contribution in [0.15, 0.2) is 34.4 Å². The number of fused-ring (bicyclic) bond motifs is 2. The summed E-state index contributed by atoms with van der Waals surface area (Å²) in [4.78, 5) is 27.5. The standard InChI is InChI=1S/C23H24ClN5O2S/c1-2-15-21(24)20-17(26-15)6-3-7-18(27-22(20)29-11-13(30)12-29)32-19-9-8-16-14(23(31)28-19)5-4-10-25-16/h4-6,9-10,13,26,30H,2-3,7-8,11-12H2,1H3,(H,28,31)/b17-6+,22-20-,27-18+. The van der Waals surface area contributed by atoms with Gasteiger partial charge in [0, 0.05) is 36.8 Å². The first-order valence-corrected chi connectivity index (χ1v) is 12.0. The van der Waals surface area contributed by atoms with Crippen LogP contribution in [0.3, 0.4) is 0 Å². The van der Waals surface area contributed by atoms with E-state index in [1.165, 1.54) is 11.8 Å². The maximum atomic E-state index is 12.7. The van der Waals surface area contributed by atoms with Crippen molar-refractivity contribution in [3.05, 3.63) is 62.0 Å². The summed E-state index contributed by atoms with van der Waals surface area (Å²) in [6.45, 7) is 3.12. The van der Waals surface area contributed by atoms with Crippen LogP contribution in [0.25, 0.3) is 11.9 Å². The SMILES string of the molecule is CCc1[nH]c2/c(c1Cl)=C(N1CC(O)C1)\N=C(\SC1=CCc3ncccc3C(=O)N1)CC\C=2. The Labute approximate surface area is 195 Å². The number of rotatable bonds is 3. The number of hydrogen-bond acceptors (Lipinski definition) is 6. The maximum absolute atomic E-state index is 12.7. The Balaban J connectivity index is 1.52. The van der Waals surface area contributed by atoms with E-state index in [2.05, 4.69) is 33.2 Å². The average molecular weight is 470 g/mol. The summed E-state index contributed by atoms with van der Waals surface area (Å²) in [6.07, 6.45) is 8.42. The fourth-order valence-electron chi connectivity index (χ4n) is 4.09. The molecule has 1 saturated heterocycles. The second-order valence-corrected chi connectivity index (χ2v) is 9.51. The Morgan fingerprint density at radius 1 is 1.34 bits per heavy atom. The van der Waals surface area contributed by atoms with Crippen molar-refractivity contribution in [3.63, 3.8) is 0 Å². The highest BCUT2D eigenvalue weighted by atomic mass is 35.5. The van der Waals surface area contributed by atoms with Gasteiger partial charge in [-0.15, -0.1) is 0 Å². The number of pyridine rings is 1. The lowest BCUT2D eigenvalue weighted by Gasteiger charge is -2.38. The molecular formula is C23H24ClN5O2S. The van der Waals surface area contributed by atoms with Crippen molar-refractivity contribution in [2.45, 2.75) is 38.7 Å². The quantitative estimate of drug-likeness (QED) is 0.638. The fourth-order valence-corrected chi connectivity index (χ4v) is 5.37. The number of halogens is 1. The van der Waals surface area contributed by atoms with Crippen molar-refractivity contribution in [2.24, 2.45) is 4.99 Å². The first-order chi connectivity index (χ1) is 15.5. The Bertz CT molecular complexity index is 1260. The van der Waals surface area contributed by atoms with Gasteiger partial charge in [0.05, 0.1) is 37.7 Å². The number of aromatic amines is 1. The molecule has 32 heavy (non-hydrogen) atoms. The van der Waals surface area contributed by atoms with Gasteiger partial charge in [0.2, 0.25) is 0 Å². The molecular weight excluding hydrogens is 446 g/mol. The maximum Gasteiger partial charge on any atom is 0.257 e. The number of β-amino-alcohol motifs (C(OH)–C–C–N with tert-alkyl or cyclic N) is 1. The highest BCUT2D eigenvalue weighted by molar-refractivity contribution is 8.17. The summed E-state index contributed by atoms with van der Waals surface area (Å²) in [6, 6.07) is 3.57. The van der Waals surface area contributed by atoms with Gasteiger partial charge in [-0.05, 0) is 37.5 Å². The fraction of sp³-hybridized carbons (Fsp3) is 0.348. The molecule has 166 valence electrons. The molecule has 0 saturated carbocycles. The van der Waals surface area contributed by atoms with Crippen LogP contribution in [0, 0.1) is 0 Å². The first-order valence-electron chi connectivity index (χ1n) is 10.8. The van der Waals surface area contributed by atoms with E-state index in [0.29, 0.717) is 30.1 Å². The average Bonchev–Trinajstić information content (AvgIpc) is 2.96. The van der Waals surface area contributed by atoms with E-state index >= 15 is 0 Å². The number of amides is 1. The highest BCUT2D eigenvalue weighted by Crippen LogP contribution is 2.27. The van der Waals surface area contributed by atoms with Gasteiger partial charge in [-0.2, -0.15) is 0 Å². The summed E-state index contributed by atoms with van der Waals surface area (Å²) in [7, 11) is 0. The molecule has 0 aromatic carbocycles. The number of aliphatic hydroxyl groups excluding tert-OH is 1. The number of H-pyrrole nitrogens is 1. The number of allylic oxidation sites excluding steroid dienone is 1. The highest BCUT2D eigenvalue weighted by Gasteiger charge is 2.29. The van der Waals surface area contributed by atoms with E-state index in [1.807, 2.05) is 6.08 Å². The van der Waals surface area contributed by atoms with E-state index < -0.39 is 0 Å². The molecule has 7 nitrogen and oxygen atoms in total. The van der Waals surface area contributed by atoms with Gasteiger partial charge in [-0.25, -0.2) is 4.99 Å². The summed E-state index contributed by atoms with van der Waals surface area (Å²) in [5.74, 6) is 0.621. The number of aliphatic hydroxyl groups is 1. The van der Waals surface area contributed by atoms with Crippen LogP contribution in [0.1, 0.15) is 41.5 Å². The largest absolute Gasteiger partial charge is 0.389 e. The van der Waals surface area contributed by atoms with Crippen LogP contribution in [-0.4, -0.2) is 50.1 Å². The molecule has 5 rings (SSSR count). The number of nitrogens with zero attached hydrogens (tertiary/aromatic N) is 3. The van der Waals surface area contributed by atoms with Crippen LogP contribution >= 0.6 is 23.4 Å². The van der Waals surface area contributed by atoms with Crippen molar-refractivity contribution in [1.29, 1.82) is 0 Å². The molecule has 3 N–H and O–H groups in total. The number of carbonyl (C=O) groups excluding carboxylic acids is 1. The van der Waals surface area contributed by atoms with Gasteiger partial charge >= 0.3 is 0 Å². The number of likely N-dealkylation sites (tertiary alicyclic amines) is 1. The monoisotopic (exact) mass is 469 g/mol. The van der Waals surface area contributed by atoms with Crippen LogP contribution in [-0.2, 0) is 12.8 Å². The molecule has 9 heteroatoms. The van der Waals surface area contributed by atoms with Gasteiger partial charge < -0.3 is 20.3 Å². The van der Waals surface area contributed by atoms with Crippen LogP contribution in [0.4, 0.5) is 0 Å². The van der Waals surface area contributed by atoms with E-state index in [-0.39, 0.29) is 12.0 Å². The number of aryl methyl sites for hydroxylation is 1. The molecule has 0 aliphatic carbocycles. The zero-order chi connectivity index (χ0) is 22.2. The Kier molecular flexibility index (Phi) is 5.84. The number of hydrogen-bond donors (Lipinski definition) is 3. The number of carbonyl (C=O) groups is 1. The van der Waals surface area contributed by atoms with Crippen molar-refractivity contribution in [1.82, 2.24) is 20.2 Å². The van der Waals surface area contributed by atoms with Gasteiger partial charge in [0.25, 0.3) is 5.91 Å². The first kappa shape index (κ1) is 21.3. The van der Waals surface area contributed by atoms with Crippen molar-refractivity contribution >= 4 is 46.2 Å². The molecule has 2 aromatic rings. The van der Waals surface area contributed by atoms with Gasteiger partial charge in [0.15, 0.2) is 0 Å². The minimum absolute atomic E-state index is 0.152. The zero-order valence-electron chi connectivity index (χ0n) is 17.7. The minimum Gasteiger partial charge on any atom is -0.389 e. The molecule has 0 radical (unpaired) electrons. The topological polar surface area (TPSA) is 93.6 Å². The third kappa shape index (κ3) is 3.98. The summed E-state index contributed by atoms with van der Waals surface area (Å²) in [5, 5.41) is 17.1. The Hall–Kier alpha value is -2.55. The van der Waals surface area contributed by atoms with Gasteiger partial charge in [-0.3, -0.25) is 9.78 Å². The van der Waals surface area contributed by atoms with Crippen molar-refractivity contribution in [2.75, 3.05) is 13.1 Å². The summed E-state index contributed by atoms with van der Waals surface area (Å²) >= 11 is 8.21. The molecule has 1 amide bonds. The molecule has 5 heterocycles. The van der Waals surface area contributed by atoms with E-state index in [4.69, 9.17) is 16.6 Å². The predicted octanol–water partition coefficient (Wildman–Crippen LogP) is 1.90. The van der Waals surface area contributed by atoms with Crippen LogP contribution in [0.5, 0.6) is 0 Å². The Morgan fingerprint density at radius 2 is 2.19 bits per heavy atom. The molecule has 0 bridgehead atoms. The number of nitrogens with one attached hydrogen (secondary N) is 2. The van der Waals surface area contributed by atoms with E-state index in [0.717, 1.165) is 57.1 Å². The molecule has 0 atom stereocenters. The van der Waals surface area contributed by atoms with Crippen molar-refractivity contribution in [3.8, 4) is 0 Å². The van der Waals surface area contributed by atoms with Crippen molar-refractivity contribution < 1.29 is 9.90 Å².